The van der Waals surface area contributed by atoms with Crippen molar-refractivity contribution in [1.29, 1.82) is 0 Å². The van der Waals surface area contributed by atoms with E-state index in [1.54, 1.807) is 0 Å². The number of hydrogen-bond donors (Lipinski definition) is 1. The molecule has 0 spiro atoms. The van der Waals surface area contributed by atoms with E-state index >= 15 is 0 Å². The maximum atomic E-state index is 12.4. The summed E-state index contributed by atoms with van der Waals surface area (Å²) in [5.74, 6) is 0.563. The Labute approximate surface area is 139 Å². The molecule has 22 heavy (non-hydrogen) atoms. The number of halogens is 1. The zero-order chi connectivity index (χ0) is 15.7. The average Bonchev–Trinajstić information content (AvgIpc) is 3.28. The lowest BCUT2D eigenvalue weighted by molar-refractivity contribution is -0.135. The van der Waals surface area contributed by atoms with Gasteiger partial charge in [-0.25, -0.2) is 0 Å². The van der Waals surface area contributed by atoms with E-state index in [0.717, 1.165) is 36.1 Å². The van der Waals surface area contributed by atoms with Gasteiger partial charge >= 0.3 is 0 Å². The van der Waals surface area contributed by atoms with Gasteiger partial charge in [0.15, 0.2) is 0 Å². The Balaban J connectivity index is 1.53. The van der Waals surface area contributed by atoms with E-state index in [1.165, 1.54) is 0 Å². The molecule has 2 unspecified atom stereocenters. The Kier molecular flexibility index (Phi) is 4.52. The molecule has 3 rings (SSSR count). The van der Waals surface area contributed by atoms with Crippen LogP contribution in [0.3, 0.4) is 0 Å². The minimum Gasteiger partial charge on any atom is -0.342 e. The third-order valence-corrected chi connectivity index (χ3v) is 5.13. The molecule has 0 radical (unpaired) electrons. The fraction of sp³-hybridized carbons (Fsp3) is 0.529. The van der Waals surface area contributed by atoms with Crippen LogP contribution >= 0.6 is 15.9 Å². The van der Waals surface area contributed by atoms with Crippen LogP contribution in [0.4, 0.5) is 5.69 Å². The highest BCUT2D eigenvalue weighted by Gasteiger charge is 2.49. The van der Waals surface area contributed by atoms with Crippen molar-refractivity contribution in [2.45, 2.75) is 26.2 Å². The maximum absolute atomic E-state index is 12.4. The lowest BCUT2D eigenvalue weighted by Gasteiger charge is -2.30. The van der Waals surface area contributed by atoms with Crippen molar-refractivity contribution in [1.82, 2.24) is 4.90 Å². The van der Waals surface area contributed by atoms with E-state index in [0.29, 0.717) is 12.3 Å². The summed E-state index contributed by atoms with van der Waals surface area (Å²) in [6.45, 7) is 3.92. The molecule has 1 saturated heterocycles. The molecule has 0 bridgehead atoms. The molecular formula is C17H21BrN2O2. The first-order valence-corrected chi connectivity index (χ1v) is 8.69. The van der Waals surface area contributed by atoms with Gasteiger partial charge in [-0.15, -0.1) is 0 Å². The fourth-order valence-corrected chi connectivity index (χ4v) is 3.42. The van der Waals surface area contributed by atoms with Crippen molar-refractivity contribution in [2.24, 2.45) is 17.8 Å². The Hall–Kier alpha value is -1.36. The number of hydrogen-bond acceptors (Lipinski definition) is 2. The van der Waals surface area contributed by atoms with Crippen molar-refractivity contribution >= 4 is 33.4 Å². The number of nitrogens with one attached hydrogen (secondary N) is 1. The van der Waals surface area contributed by atoms with E-state index in [2.05, 4.69) is 28.2 Å². The first-order valence-electron chi connectivity index (χ1n) is 7.90. The van der Waals surface area contributed by atoms with Gasteiger partial charge < -0.3 is 10.2 Å². The van der Waals surface area contributed by atoms with Gasteiger partial charge in [0.1, 0.15) is 0 Å². The van der Waals surface area contributed by atoms with Crippen LogP contribution in [-0.2, 0) is 9.59 Å². The third kappa shape index (κ3) is 3.51. The second-order valence-electron chi connectivity index (χ2n) is 6.46. The van der Waals surface area contributed by atoms with Crippen LogP contribution in [0.2, 0.25) is 0 Å². The molecule has 2 aliphatic rings. The van der Waals surface area contributed by atoms with Crippen LogP contribution in [0.25, 0.3) is 0 Å². The summed E-state index contributed by atoms with van der Waals surface area (Å²) in [5.41, 5.74) is 0.768. The number of likely N-dealkylation sites (tertiary alicyclic amines) is 1. The van der Waals surface area contributed by atoms with Gasteiger partial charge in [0.25, 0.3) is 0 Å². The molecule has 1 aromatic rings. The van der Waals surface area contributed by atoms with Crippen molar-refractivity contribution in [3.05, 3.63) is 28.7 Å². The number of amides is 2. The molecule has 1 saturated carbocycles. The summed E-state index contributed by atoms with van der Waals surface area (Å²) in [6, 6.07) is 7.51. The van der Waals surface area contributed by atoms with Crippen LogP contribution in [0.15, 0.2) is 28.7 Å². The second kappa shape index (κ2) is 6.41. The molecule has 4 nitrogen and oxygen atoms in total. The van der Waals surface area contributed by atoms with Gasteiger partial charge in [-0.2, -0.15) is 0 Å². The largest absolute Gasteiger partial charge is 0.342 e. The number of anilines is 1. The van der Waals surface area contributed by atoms with E-state index in [1.807, 2.05) is 29.2 Å². The number of carbonyl (C=O) groups excluding carboxylic acids is 2. The summed E-state index contributed by atoms with van der Waals surface area (Å²) in [6.07, 6.45) is 2.84. The maximum Gasteiger partial charge on any atom is 0.228 e. The Morgan fingerprint density at radius 2 is 1.95 bits per heavy atom. The average molecular weight is 365 g/mol. The number of carbonyl (C=O) groups is 2. The number of nitrogens with zero attached hydrogens (tertiary/aromatic N) is 1. The van der Waals surface area contributed by atoms with Crippen molar-refractivity contribution < 1.29 is 9.59 Å². The highest BCUT2D eigenvalue weighted by atomic mass is 79.9. The zero-order valence-electron chi connectivity index (χ0n) is 12.7. The number of benzene rings is 1. The summed E-state index contributed by atoms with van der Waals surface area (Å²) >= 11 is 3.38. The minimum atomic E-state index is -0.161. The summed E-state index contributed by atoms with van der Waals surface area (Å²) in [7, 11) is 0. The van der Waals surface area contributed by atoms with Crippen molar-refractivity contribution in [3.63, 3.8) is 0 Å². The quantitative estimate of drug-likeness (QED) is 0.894. The van der Waals surface area contributed by atoms with E-state index in [9.17, 15) is 9.59 Å². The fourth-order valence-electron chi connectivity index (χ4n) is 3.02. The molecule has 1 aliphatic carbocycles. The predicted molar refractivity (Wildman–Crippen MR) is 89.3 cm³/mol. The van der Waals surface area contributed by atoms with E-state index in [4.69, 9.17) is 0 Å². The van der Waals surface area contributed by atoms with Gasteiger partial charge in [0, 0.05) is 23.2 Å². The molecule has 1 heterocycles. The van der Waals surface area contributed by atoms with Gasteiger partial charge in [0.05, 0.1) is 11.8 Å². The monoisotopic (exact) mass is 364 g/mol. The zero-order valence-corrected chi connectivity index (χ0v) is 14.3. The van der Waals surface area contributed by atoms with E-state index < -0.39 is 0 Å². The van der Waals surface area contributed by atoms with Crippen LogP contribution in [0, 0.1) is 17.8 Å². The number of piperidine rings is 1. The smallest absolute Gasteiger partial charge is 0.228 e. The summed E-state index contributed by atoms with van der Waals surface area (Å²) in [4.78, 5) is 26.6. The highest BCUT2D eigenvalue weighted by Crippen LogP contribution is 2.41. The van der Waals surface area contributed by atoms with Crippen molar-refractivity contribution in [3.8, 4) is 0 Å². The Morgan fingerprint density at radius 1 is 1.23 bits per heavy atom. The van der Waals surface area contributed by atoms with Gasteiger partial charge in [0.2, 0.25) is 11.8 Å². The van der Waals surface area contributed by atoms with Gasteiger partial charge in [-0.3, -0.25) is 9.59 Å². The summed E-state index contributed by atoms with van der Waals surface area (Å²) < 4.78 is 0.927. The highest BCUT2D eigenvalue weighted by molar-refractivity contribution is 9.10. The second-order valence-corrected chi connectivity index (χ2v) is 7.37. The SMILES string of the molecule is CC1CCN(C(=O)C2CC2C(=O)Nc2cccc(Br)c2)CC1. The first-order chi connectivity index (χ1) is 10.5. The number of rotatable bonds is 3. The van der Waals surface area contributed by atoms with E-state index in [-0.39, 0.29) is 23.7 Å². The standard InChI is InChI=1S/C17H21BrN2O2/c1-11-5-7-20(8-6-11)17(22)15-10-14(15)16(21)19-13-4-2-3-12(18)9-13/h2-4,9,11,14-15H,5-8,10H2,1H3,(H,19,21). The molecule has 1 aromatic carbocycles. The third-order valence-electron chi connectivity index (χ3n) is 4.63. The lowest BCUT2D eigenvalue weighted by atomic mass is 9.99. The molecule has 1 N–H and O–H groups in total. The normalized spacial score (nSPS) is 24.9. The molecule has 2 amide bonds. The van der Waals surface area contributed by atoms with Crippen LogP contribution in [0.5, 0.6) is 0 Å². The first kappa shape index (κ1) is 15.5. The van der Waals surface area contributed by atoms with Crippen LogP contribution in [0.1, 0.15) is 26.2 Å². The predicted octanol–water partition coefficient (Wildman–Crippen LogP) is 3.28. The topological polar surface area (TPSA) is 49.4 Å². The van der Waals surface area contributed by atoms with Crippen LogP contribution < -0.4 is 5.32 Å². The molecular weight excluding hydrogens is 344 g/mol. The molecule has 118 valence electrons. The molecule has 2 atom stereocenters. The van der Waals surface area contributed by atoms with Crippen LogP contribution in [-0.4, -0.2) is 29.8 Å². The van der Waals surface area contributed by atoms with Gasteiger partial charge in [-0.1, -0.05) is 28.9 Å². The molecule has 1 aliphatic heterocycles. The summed E-state index contributed by atoms with van der Waals surface area (Å²) in [5, 5.41) is 2.90. The molecule has 2 fully saturated rings. The van der Waals surface area contributed by atoms with Crippen molar-refractivity contribution in [2.75, 3.05) is 18.4 Å². The molecule has 5 heteroatoms. The Morgan fingerprint density at radius 3 is 2.64 bits per heavy atom. The molecule has 0 aromatic heterocycles. The lowest BCUT2D eigenvalue weighted by Crippen LogP contribution is -2.39. The van der Waals surface area contributed by atoms with Gasteiger partial charge in [-0.05, 0) is 43.4 Å². The Bertz CT molecular complexity index is 582. The minimum absolute atomic E-state index is 0.0400.